The fourth-order valence-corrected chi connectivity index (χ4v) is 5.15. The van der Waals surface area contributed by atoms with Gasteiger partial charge in [-0.25, -0.2) is 9.97 Å². The number of hydrogen-bond acceptors (Lipinski definition) is 6. The van der Waals surface area contributed by atoms with Gasteiger partial charge in [0.25, 0.3) is 0 Å². The van der Waals surface area contributed by atoms with E-state index in [1.807, 2.05) is 25.7 Å². The molecule has 2 heterocycles. The van der Waals surface area contributed by atoms with Gasteiger partial charge >= 0.3 is 12.1 Å². The molecule has 0 atom stereocenters. The zero-order valence-corrected chi connectivity index (χ0v) is 26.5. The lowest BCUT2D eigenvalue weighted by atomic mass is 9.92. The Kier molecular flexibility index (Phi) is 10.5. The summed E-state index contributed by atoms with van der Waals surface area (Å²) < 4.78 is 46.8. The van der Waals surface area contributed by atoms with Crippen molar-refractivity contribution < 1.29 is 27.8 Å². The number of hydrogen-bond donors (Lipinski definition) is 1. The van der Waals surface area contributed by atoms with Crippen molar-refractivity contribution in [3.8, 4) is 16.9 Å². The normalized spacial score (nSPS) is 11.6. The van der Waals surface area contributed by atoms with Crippen LogP contribution in [-0.2, 0) is 24.1 Å². The maximum absolute atomic E-state index is 13.7. The van der Waals surface area contributed by atoms with Crippen molar-refractivity contribution >= 4 is 11.9 Å². The monoisotopic (exact) mass is 620 g/mol. The van der Waals surface area contributed by atoms with E-state index in [1.165, 1.54) is 18.5 Å². The van der Waals surface area contributed by atoms with Crippen LogP contribution in [0.5, 0.6) is 5.75 Å². The fraction of sp³-hybridized carbons (Fsp3) is 0.371. The van der Waals surface area contributed by atoms with Gasteiger partial charge in [-0.3, -0.25) is 9.78 Å². The summed E-state index contributed by atoms with van der Waals surface area (Å²) in [7, 11) is 0. The summed E-state index contributed by atoms with van der Waals surface area (Å²) in [6.07, 6.45) is -1.17. The Morgan fingerprint density at radius 2 is 1.64 bits per heavy atom. The molecular weight excluding hydrogens is 581 g/mol. The highest BCUT2D eigenvalue weighted by atomic mass is 19.4. The summed E-state index contributed by atoms with van der Waals surface area (Å²) in [5, 5.41) is 8.85. The standard InChI is InChI=1S/C35H39F3N4O3/c1-21(2)32-16-31(24(5)25(6)41-32)30-10-9-22(3)13-27(30)20-42(19-26-12-23(4)14-28(15-26)35(36,37)38)34-39-17-29(18-40-34)45-11-7-8-33(43)44/h9-10,12-18,21H,7-8,11,19-20H2,1-6H3,(H,43,44). The van der Waals surface area contributed by atoms with E-state index < -0.39 is 17.7 Å². The molecule has 4 aromatic rings. The molecule has 0 unspecified atom stereocenters. The summed E-state index contributed by atoms with van der Waals surface area (Å²) in [5.41, 5.74) is 7.35. The first-order valence-electron chi connectivity index (χ1n) is 14.9. The third-order valence-electron chi connectivity index (χ3n) is 7.58. The van der Waals surface area contributed by atoms with Crippen LogP contribution in [0.4, 0.5) is 19.1 Å². The molecule has 1 N–H and O–H groups in total. The van der Waals surface area contributed by atoms with Gasteiger partial charge in [-0.2, -0.15) is 13.2 Å². The number of halogens is 3. The van der Waals surface area contributed by atoms with E-state index in [9.17, 15) is 18.0 Å². The zero-order chi connectivity index (χ0) is 32.9. The Hall–Kier alpha value is -4.47. The minimum absolute atomic E-state index is 0.0168. The summed E-state index contributed by atoms with van der Waals surface area (Å²) >= 11 is 0. The average Bonchev–Trinajstić information content (AvgIpc) is 2.96. The number of anilines is 1. The van der Waals surface area contributed by atoms with Gasteiger partial charge in [0.1, 0.15) is 0 Å². The maximum atomic E-state index is 13.7. The van der Waals surface area contributed by atoms with Gasteiger partial charge in [0.2, 0.25) is 5.95 Å². The van der Waals surface area contributed by atoms with Gasteiger partial charge in [0.15, 0.2) is 5.75 Å². The van der Waals surface area contributed by atoms with Crippen LogP contribution >= 0.6 is 0 Å². The Morgan fingerprint density at radius 1 is 0.933 bits per heavy atom. The Labute approximate surface area is 262 Å². The molecule has 0 saturated carbocycles. The minimum atomic E-state index is -4.48. The molecule has 4 rings (SSSR count). The average molecular weight is 621 g/mol. The third-order valence-corrected chi connectivity index (χ3v) is 7.58. The van der Waals surface area contributed by atoms with Crippen LogP contribution in [0.3, 0.4) is 0 Å². The molecule has 0 aliphatic heterocycles. The number of carboxylic acids is 1. The second-order valence-corrected chi connectivity index (χ2v) is 11.7. The van der Waals surface area contributed by atoms with Gasteiger partial charge in [-0.1, -0.05) is 49.2 Å². The van der Waals surface area contributed by atoms with Crippen LogP contribution in [0.15, 0.2) is 54.9 Å². The van der Waals surface area contributed by atoms with Crippen LogP contribution in [0, 0.1) is 27.7 Å². The van der Waals surface area contributed by atoms with Crippen molar-refractivity contribution in [2.75, 3.05) is 11.5 Å². The number of rotatable bonds is 12. The minimum Gasteiger partial charge on any atom is -0.490 e. The first kappa shape index (κ1) is 33.4. The molecule has 238 valence electrons. The molecule has 45 heavy (non-hydrogen) atoms. The lowest BCUT2D eigenvalue weighted by Crippen LogP contribution is -2.25. The number of aryl methyl sites for hydroxylation is 3. The smallest absolute Gasteiger partial charge is 0.416 e. The van der Waals surface area contributed by atoms with E-state index in [2.05, 4.69) is 48.1 Å². The Balaban J connectivity index is 1.75. The molecule has 0 spiro atoms. The first-order chi connectivity index (χ1) is 21.2. The van der Waals surface area contributed by atoms with Crippen molar-refractivity contribution in [2.24, 2.45) is 0 Å². The van der Waals surface area contributed by atoms with Gasteiger partial charge in [0.05, 0.1) is 24.6 Å². The maximum Gasteiger partial charge on any atom is 0.416 e. The number of nitrogens with zero attached hydrogens (tertiary/aromatic N) is 4. The number of benzene rings is 2. The molecule has 0 saturated heterocycles. The highest BCUT2D eigenvalue weighted by Crippen LogP contribution is 2.34. The summed E-state index contributed by atoms with van der Waals surface area (Å²) in [6.45, 7) is 12.6. The molecular formula is C35H39F3N4O3. The summed E-state index contributed by atoms with van der Waals surface area (Å²) in [6, 6.07) is 12.4. The van der Waals surface area contributed by atoms with Crippen molar-refractivity contribution in [1.82, 2.24) is 15.0 Å². The SMILES string of the molecule is Cc1cc(CN(Cc2cc(C)ccc2-c2cc(C(C)C)nc(C)c2C)c2ncc(OCCCC(=O)O)cn2)cc(C(F)(F)F)c1. The lowest BCUT2D eigenvalue weighted by Gasteiger charge is -2.26. The second kappa shape index (κ2) is 14.1. The van der Waals surface area contributed by atoms with Gasteiger partial charge < -0.3 is 14.7 Å². The summed E-state index contributed by atoms with van der Waals surface area (Å²) in [5.74, 6) is 0.0230. The lowest BCUT2D eigenvalue weighted by molar-refractivity contribution is -0.138. The van der Waals surface area contributed by atoms with Crippen molar-refractivity contribution in [1.29, 1.82) is 0 Å². The highest BCUT2D eigenvalue weighted by Gasteiger charge is 2.31. The third kappa shape index (κ3) is 8.80. The van der Waals surface area contributed by atoms with E-state index in [-0.39, 0.29) is 25.5 Å². The predicted octanol–water partition coefficient (Wildman–Crippen LogP) is 8.36. The van der Waals surface area contributed by atoms with Crippen LogP contribution in [-0.4, -0.2) is 32.6 Å². The Morgan fingerprint density at radius 3 is 2.29 bits per heavy atom. The van der Waals surface area contributed by atoms with Gasteiger partial charge in [-0.15, -0.1) is 0 Å². The number of pyridine rings is 1. The number of ether oxygens (including phenoxy) is 1. The van der Waals surface area contributed by atoms with Crippen LogP contribution in [0.25, 0.3) is 11.1 Å². The van der Waals surface area contributed by atoms with Crippen LogP contribution in [0.1, 0.15) is 77.4 Å². The van der Waals surface area contributed by atoms with Crippen LogP contribution < -0.4 is 9.64 Å². The predicted molar refractivity (Wildman–Crippen MR) is 168 cm³/mol. The quantitative estimate of drug-likeness (QED) is 0.159. The molecule has 0 amide bonds. The van der Waals surface area contributed by atoms with E-state index in [1.54, 1.807) is 13.0 Å². The molecule has 10 heteroatoms. The summed E-state index contributed by atoms with van der Waals surface area (Å²) in [4.78, 5) is 26.5. The van der Waals surface area contributed by atoms with Crippen LogP contribution in [0.2, 0.25) is 0 Å². The number of aromatic nitrogens is 3. The second-order valence-electron chi connectivity index (χ2n) is 11.7. The molecule has 0 fully saturated rings. The van der Waals surface area contributed by atoms with Crippen molar-refractivity contribution in [2.45, 2.75) is 79.6 Å². The number of carboxylic acid groups (broad SMARTS) is 1. The molecule has 7 nitrogen and oxygen atoms in total. The highest BCUT2D eigenvalue weighted by molar-refractivity contribution is 5.72. The van der Waals surface area contributed by atoms with E-state index >= 15 is 0 Å². The Bertz CT molecular complexity index is 1650. The first-order valence-corrected chi connectivity index (χ1v) is 14.9. The topological polar surface area (TPSA) is 88.4 Å². The number of carbonyl (C=O) groups is 1. The van der Waals surface area contributed by atoms with E-state index in [4.69, 9.17) is 14.8 Å². The molecule has 0 radical (unpaired) electrons. The van der Waals surface area contributed by atoms with E-state index in [0.29, 0.717) is 35.8 Å². The molecule has 2 aromatic carbocycles. The largest absolute Gasteiger partial charge is 0.490 e. The van der Waals surface area contributed by atoms with Gasteiger partial charge in [0, 0.05) is 30.9 Å². The fourth-order valence-electron chi connectivity index (χ4n) is 5.15. The van der Waals surface area contributed by atoms with Gasteiger partial charge in [-0.05, 0) is 86.1 Å². The van der Waals surface area contributed by atoms with E-state index in [0.717, 1.165) is 45.3 Å². The number of alkyl halides is 3. The zero-order valence-electron chi connectivity index (χ0n) is 26.5. The molecule has 0 aliphatic rings. The molecule has 0 bridgehead atoms. The molecule has 0 aliphatic carbocycles. The van der Waals surface area contributed by atoms with Crippen molar-refractivity contribution in [3.05, 3.63) is 99.6 Å². The van der Waals surface area contributed by atoms with Crippen molar-refractivity contribution in [3.63, 3.8) is 0 Å². The molecule has 2 aromatic heterocycles. The number of aliphatic carboxylic acids is 1.